The molecule has 0 saturated carbocycles. The van der Waals surface area contributed by atoms with Crippen molar-refractivity contribution in [2.24, 2.45) is 0 Å². The van der Waals surface area contributed by atoms with Crippen molar-refractivity contribution >= 4 is 16.7 Å². The number of hydrogen-bond donors (Lipinski definition) is 1. The molecule has 4 aromatic rings. The highest BCUT2D eigenvalue weighted by atomic mass is 16.5. The number of aromatic hydroxyl groups is 1. The highest BCUT2D eigenvalue weighted by Gasteiger charge is 2.10. The van der Waals surface area contributed by atoms with Crippen molar-refractivity contribution < 1.29 is 24.1 Å². The number of hydrogen-bond acceptors (Lipinski definition) is 7. The van der Waals surface area contributed by atoms with Gasteiger partial charge in [0.25, 0.3) is 0 Å². The zero-order valence-corrected chi connectivity index (χ0v) is 20.4. The van der Waals surface area contributed by atoms with Gasteiger partial charge in [-0.25, -0.2) is 14.8 Å². The van der Waals surface area contributed by atoms with Crippen LogP contribution < -0.4 is 9.47 Å². The van der Waals surface area contributed by atoms with Crippen LogP contribution in [0.5, 0.6) is 17.2 Å². The summed E-state index contributed by atoms with van der Waals surface area (Å²) >= 11 is 0. The minimum absolute atomic E-state index is 0.0197. The molecule has 0 amide bonds. The van der Waals surface area contributed by atoms with E-state index < -0.39 is 5.97 Å². The first-order valence-corrected chi connectivity index (χ1v) is 12.2. The van der Waals surface area contributed by atoms with Crippen LogP contribution in [0.4, 0.5) is 0 Å². The van der Waals surface area contributed by atoms with E-state index in [1.807, 2.05) is 30.3 Å². The van der Waals surface area contributed by atoms with Crippen LogP contribution in [0, 0.1) is 0 Å². The van der Waals surface area contributed by atoms with E-state index in [9.17, 15) is 9.90 Å². The standard InChI is InChI=1S/C29H30N2O5/c1-2-3-4-5-14-34-15-16-35-26-11-8-21(9-12-26)29(33)36-27-13-10-22-17-24(7-6-23(22)18-27)28-30-19-25(32)20-31-28/h6-13,17-20,32H,2-5,14-16H2,1H3. The summed E-state index contributed by atoms with van der Waals surface area (Å²) in [6.45, 7) is 3.96. The van der Waals surface area contributed by atoms with Crippen molar-refractivity contribution in [3.63, 3.8) is 0 Å². The molecule has 36 heavy (non-hydrogen) atoms. The first-order chi connectivity index (χ1) is 17.6. The summed E-state index contributed by atoms with van der Waals surface area (Å²) in [5, 5.41) is 11.2. The van der Waals surface area contributed by atoms with Crippen molar-refractivity contribution in [1.29, 1.82) is 0 Å². The van der Waals surface area contributed by atoms with Gasteiger partial charge in [-0.2, -0.15) is 0 Å². The molecule has 0 fully saturated rings. The van der Waals surface area contributed by atoms with Gasteiger partial charge in [0.1, 0.15) is 18.1 Å². The van der Waals surface area contributed by atoms with Gasteiger partial charge in [0, 0.05) is 12.2 Å². The van der Waals surface area contributed by atoms with Crippen molar-refractivity contribution in [3.05, 3.63) is 78.6 Å². The molecule has 7 nitrogen and oxygen atoms in total. The zero-order valence-electron chi connectivity index (χ0n) is 20.4. The normalized spacial score (nSPS) is 10.9. The molecule has 0 bridgehead atoms. The number of rotatable bonds is 12. The van der Waals surface area contributed by atoms with Gasteiger partial charge in [-0.3, -0.25) is 0 Å². The van der Waals surface area contributed by atoms with Crippen molar-refractivity contribution in [1.82, 2.24) is 9.97 Å². The molecule has 0 radical (unpaired) electrons. The van der Waals surface area contributed by atoms with E-state index in [1.165, 1.54) is 31.7 Å². The topological polar surface area (TPSA) is 90.8 Å². The minimum Gasteiger partial charge on any atom is -0.505 e. The fourth-order valence-corrected chi connectivity index (χ4v) is 3.70. The molecule has 186 valence electrons. The average Bonchev–Trinajstić information content (AvgIpc) is 2.90. The van der Waals surface area contributed by atoms with Gasteiger partial charge >= 0.3 is 5.97 Å². The van der Waals surface area contributed by atoms with E-state index in [4.69, 9.17) is 14.2 Å². The summed E-state index contributed by atoms with van der Waals surface area (Å²) in [6, 6.07) is 18.1. The fraction of sp³-hybridized carbons (Fsp3) is 0.276. The third kappa shape index (κ3) is 7.02. The summed E-state index contributed by atoms with van der Waals surface area (Å²) in [6.07, 6.45) is 7.46. The molecular weight excluding hydrogens is 456 g/mol. The summed E-state index contributed by atoms with van der Waals surface area (Å²) < 4.78 is 16.8. The molecule has 3 aromatic carbocycles. The molecule has 1 heterocycles. The van der Waals surface area contributed by atoms with E-state index in [0.717, 1.165) is 29.4 Å². The Morgan fingerprint density at radius 3 is 2.31 bits per heavy atom. The average molecular weight is 487 g/mol. The van der Waals surface area contributed by atoms with Crippen molar-refractivity contribution in [3.8, 4) is 28.6 Å². The largest absolute Gasteiger partial charge is 0.505 e. The first kappa shape index (κ1) is 25.1. The van der Waals surface area contributed by atoms with Crippen LogP contribution in [-0.2, 0) is 4.74 Å². The summed E-state index contributed by atoms with van der Waals surface area (Å²) in [5.74, 6) is 1.24. The molecule has 0 aliphatic carbocycles. The highest BCUT2D eigenvalue weighted by molar-refractivity contribution is 5.92. The number of nitrogens with zero attached hydrogens (tertiary/aromatic N) is 2. The molecule has 1 aromatic heterocycles. The van der Waals surface area contributed by atoms with Crippen LogP contribution in [0.2, 0.25) is 0 Å². The van der Waals surface area contributed by atoms with E-state index >= 15 is 0 Å². The lowest BCUT2D eigenvalue weighted by atomic mass is 10.1. The first-order valence-electron chi connectivity index (χ1n) is 12.2. The molecule has 0 aliphatic rings. The quantitative estimate of drug-likeness (QED) is 0.145. The predicted molar refractivity (Wildman–Crippen MR) is 138 cm³/mol. The van der Waals surface area contributed by atoms with E-state index in [-0.39, 0.29) is 5.75 Å². The van der Waals surface area contributed by atoms with Crippen LogP contribution in [0.3, 0.4) is 0 Å². The van der Waals surface area contributed by atoms with Gasteiger partial charge in [0.2, 0.25) is 0 Å². The number of aromatic nitrogens is 2. The van der Waals surface area contributed by atoms with Gasteiger partial charge in [-0.05, 0) is 59.7 Å². The van der Waals surface area contributed by atoms with E-state index in [0.29, 0.717) is 36.1 Å². The van der Waals surface area contributed by atoms with E-state index in [2.05, 4.69) is 16.9 Å². The summed E-state index contributed by atoms with van der Waals surface area (Å²) in [4.78, 5) is 20.9. The Bertz CT molecular complexity index is 1270. The Kier molecular flexibility index (Phi) is 8.83. The number of benzene rings is 3. The third-order valence-corrected chi connectivity index (χ3v) is 5.65. The lowest BCUT2D eigenvalue weighted by Crippen LogP contribution is -2.09. The lowest BCUT2D eigenvalue weighted by molar-refractivity contribution is 0.0734. The molecule has 7 heteroatoms. The lowest BCUT2D eigenvalue weighted by Gasteiger charge is -2.09. The maximum atomic E-state index is 12.6. The fourth-order valence-electron chi connectivity index (χ4n) is 3.70. The van der Waals surface area contributed by atoms with Crippen LogP contribution in [0.25, 0.3) is 22.2 Å². The molecule has 0 aliphatic heterocycles. The van der Waals surface area contributed by atoms with Crippen LogP contribution >= 0.6 is 0 Å². The SMILES string of the molecule is CCCCCCOCCOc1ccc(C(=O)Oc2ccc3cc(-c4ncc(O)cn4)ccc3c2)cc1. The van der Waals surface area contributed by atoms with Gasteiger partial charge in [0.15, 0.2) is 11.6 Å². The molecule has 4 rings (SSSR count). The van der Waals surface area contributed by atoms with Gasteiger partial charge in [0.05, 0.1) is 24.6 Å². The maximum absolute atomic E-state index is 12.6. The molecule has 0 atom stereocenters. The zero-order chi connectivity index (χ0) is 25.2. The monoisotopic (exact) mass is 486 g/mol. The highest BCUT2D eigenvalue weighted by Crippen LogP contribution is 2.26. The molecular formula is C29H30N2O5. The third-order valence-electron chi connectivity index (χ3n) is 5.65. The Balaban J connectivity index is 1.29. The number of ether oxygens (including phenoxy) is 3. The van der Waals surface area contributed by atoms with E-state index in [1.54, 1.807) is 30.3 Å². The summed E-state index contributed by atoms with van der Waals surface area (Å²) in [5.41, 5.74) is 1.27. The second kappa shape index (κ2) is 12.7. The molecule has 0 saturated heterocycles. The Labute approximate surface area is 210 Å². The number of carbonyl (C=O) groups is 1. The Hall–Kier alpha value is -3.97. The number of carbonyl (C=O) groups excluding carboxylic acids is 1. The number of esters is 1. The second-order valence-electron chi connectivity index (χ2n) is 8.42. The van der Waals surface area contributed by atoms with Gasteiger partial charge in [-0.1, -0.05) is 44.4 Å². The number of fused-ring (bicyclic) bond motifs is 1. The van der Waals surface area contributed by atoms with Crippen LogP contribution in [-0.4, -0.2) is 40.9 Å². The Morgan fingerprint density at radius 2 is 1.53 bits per heavy atom. The second-order valence-corrected chi connectivity index (χ2v) is 8.42. The maximum Gasteiger partial charge on any atom is 0.343 e. The van der Waals surface area contributed by atoms with Crippen molar-refractivity contribution in [2.75, 3.05) is 19.8 Å². The van der Waals surface area contributed by atoms with Gasteiger partial charge < -0.3 is 19.3 Å². The van der Waals surface area contributed by atoms with Crippen LogP contribution in [0.15, 0.2) is 73.1 Å². The molecule has 0 unspecified atom stereocenters. The van der Waals surface area contributed by atoms with Gasteiger partial charge in [-0.15, -0.1) is 0 Å². The predicted octanol–water partition coefficient (Wildman–Crippen LogP) is 6.20. The number of unbranched alkanes of at least 4 members (excludes halogenated alkanes) is 3. The smallest absolute Gasteiger partial charge is 0.343 e. The Morgan fingerprint density at radius 1 is 0.806 bits per heavy atom. The summed E-state index contributed by atoms with van der Waals surface area (Å²) in [7, 11) is 0. The minimum atomic E-state index is -0.439. The van der Waals surface area contributed by atoms with Crippen LogP contribution in [0.1, 0.15) is 43.0 Å². The molecule has 1 N–H and O–H groups in total. The van der Waals surface area contributed by atoms with Crippen molar-refractivity contribution in [2.45, 2.75) is 32.6 Å². The molecule has 0 spiro atoms.